The Balaban J connectivity index is 1.93. The van der Waals surface area contributed by atoms with E-state index in [0.29, 0.717) is 5.92 Å². The molecule has 0 radical (unpaired) electrons. The van der Waals surface area contributed by atoms with E-state index in [4.69, 9.17) is 16.3 Å². The van der Waals surface area contributed by atoms with Gasteiger partial charge in [-0.25, -0.2) is 0 Å². The summed E-state index contributed by atoms with van der Waals surface area (Å²) in [4.78, 5) is 13.4. The van der Waals surface area contributed by atoms with Crippen LogP contribution < -0.4 is 0 Å². The number of hydrogen-bond donors (Lipinski definition) is 0. The number of halogens is 2. The maximum absolute atomic E-state index is 13.4. The van der Waals surface area contributed by atoms with Crippen LogP contribution in [0.2, 0.25) is 5.02 Å². The average molecular weight is 507 g/mol. The van der Waals surface area contributed by atoms with Crippen molar-refractivity contribution in [2.24, 2.45) is 0 Å². The molecule has 2 aromatic carbocycles. The molecule has 0 aromatic heterocycles. The van der Waals surface area contributed by atoms with Crippen LogP contribution in [0, 0.1) is 0 Å². The summed E-state index contributed by atoms with van der Waals surface area (Å²) >= 11 is 8.37. The van der Waals surface area contributed by atoms with E-state index in [2.05, 4.69) is 40.8 Å². The van der Waals surface area contributed by atoms with Crippen molar-refractivity contribution in [2.75, 3.05) is 0 Å². The van der Waals surface area contributed by atoms with Crippen LogP contribution in [0.15, 0.2) is 46.0 Å². The van der Waals surface area contributed by atoms with Gasteiger partial charge in [0.15, 0.2) is 5.78 Å². The van der Waals surface area contributed by atoms with E-state index >= 15 is 0 Å². The topological polar surface area (TPSA) is 26.3 Å². The summed E-state index contributed by atoms with van der Waals surface area (Å²) in [5.41, 5.74) is 4.02. The number of rotatable bonds is 3. The van der Waals surface area contributed by atoms with Crippen LogP contribution in [0.3, 0.4) is 0 Å². The van der Waals surface area contributed by atoms with Crippen molar-refractivity contribution in [3.63, 3.8) is 0 Å². The predicted octanol–water partition coefficient (Wildman–Crippen LogP) is 7.19. The van der Waals surface area contributed by atoms with Crippen molar-refractivity contribution in [1.29, 1.82) is 0 Å². The summed E-state index contributed by atoms with van der Waals surface area (Å²) in [5.74, 6) is 0.610. The van der Waals surface area contributed by atoms with Crippen molar-refractivity contribution in [1.82, 2.24) is 0 Å². The van der Waals surface area contributed by atoms with Crippen LogP contribution in [-0.4, -0.2) is 17.0 Å². The number of Topliss-reactive ketones (excluding diaryl/α,β-unsaturated/α-hetero) is 1. The molecule has 2 aliphatic rings. The van der Waals surface area contributed by atoms with Gasteiger partial charge >= 0.3 is 0 Å². The molecule has 2 aromatic rings. The van der Waals surface area contributed by atoms with Gasteiger partial charge in [0.05, 0.1) is 5.60 Å². The van der Waals surface area contributed by atoms with E-state index in [9.17, 15) is 4.79 Å². The minimum atomic E-state index is -0.843. The zero-order valence-corrected chi connectivity index (χ0v) is 19.5. The molecule has 1 aliphatic heterocycles. The quantitative estimate of drug-likeness (QED) is 0.412. The highest BCUT2D eigenvalue weighted by molar-refractivity contribution is 14.1. The number of carbonyl (C=O) groups is 1. The van der Waals surface area contributed by atoms with Gasteiger partial charge in [-0.3, -0.25) is 4.79 Å². The average Bonchev–Trinajstić information content (AvgIpc) is 3.45. The molecule has 0 saturated heterocycles. The molecule has 1 aliphatic carbocycles. The lowest BCUT2D eigenvalue weighted by atomic mass is 9.81. The summed E-state index contributed by atoms with van der Waals surface area (Å²) in [6.07, 6.45) is 2.38. The van der Waals surface area contributed by atoms with E-state index in [-0.39, 0.29) is 5.78 Å². The minimum Gasteiger partial charge on any atom is -0.356 e. The molecule has 1 heterocycles. The van der Waals surface area contributed by atoms with E-state index in [1.54, 1.807) is 0 Å². The Morgan fingerprint density at radius 1 is 0.964 bits per heavy atom. The van der Waals surface area contributed by atoms with E-state index in [1.165, 1.54) is 18.4 Å². The third-order valence-corrected chi connectivity index (χ3v) is 7.64. The van der Waals surface area contributed by atoms with Crippen LogP contribution in [-0.2, 0) is 9.53 Å². The predicted molar refractivity (Wildman–Crippen MR) is 124 cm³/mol. The number of hydrogen-bond acceptors (Lipinski definition) is 2. The van der Waals surface area contributed by atoms with Crippen molar-refractivity contribution in [2.45, 2.75) is 57.7 Å². The summed E-state index contributed by atoms with van der Waals surface area (Å²) < 4.78 is 7.13. The Kier molecular flexibility index (Phi) is 5.00. The lowest BCUT2D eigenvalue weighted by Gasteiger charge is -2.41. The molecule has 0 spiro atoms. The van der Waals surface area contributed by atoms with Gasteiger partial charge in [0, 0.05) is 14.2 Å². The molecule has 4 rings (SSSR count). The Morgan fingerprint density at radius 2 is 1.57 bits per heavy atom. The number of carbonyl (C=O) groups excluding carboxylic acids is 1. The molecular formula is C24H24ClIO2. The highest BCUT2D eigenvalue weighted by atomic mass is 127. The fraction of sp³-hybridized carbons (Fsp3) is 0.375. The molecule has 0 atom stereocenters. The molecule has 0 amide bonds. The first kappa shape index (κ1) is 20.1. The molecule has 146 valence electrons. The van der Waals surface area contributed by atoms with Crippen LogP contribution >= 0.6 is 34.2 Å². The summed E-state index contributed by atoms with van der Waals surface area (Å²) in [7, 11) is 0. The Bertz CT molecular complexity index is 982. The third-order valence-electron chi connectivity index (χ3n) is 5.55. The third kappa shape index (κ3) is 3.57. The molecule has 1 saturated carbocycles. The minimum absolute atomic E-state index is 0.0615. The fourth-order valence-electron chi connectivity index (χ4n) is 4.02. The number of ether oxygens (including phenoxy) is 1. The zero-order valence-electron chi connectivity index (χ0n) is 16.6. The summed E-state index contributed by atoms with van der Waals surface area (Å²) in [6.45, 7) is 7.84. The normalized spacial score (nSPS) is 21.1. The van der Waals surface area contributed by atoms with Crippen molar-refractivity contribution in [3.05, 3.63) is 62.2 Å². The second-order valence-corrected chi connectivity index (χ2v) is 10.2. The van der Waals surface area contributed by atoms with E-state index in [1.807, 2.05) is 52.0 Å². The summed E-state index contributed by atoms with van der Waals surface area (Å²) in [5, 5.41) is 0.721. The lowest BCUT2D eigenvalue weighted by Crippen LogP contribution is -2.48. The van der Waals surface area contributed by atoms with Gasteiger partial charge in [-0.15, -0.1) is 0 Å². The van der Waals surface area contributed by atoms with Gasteiger partial charge in [0.25, 0.3) is 0 Å². The van der Waals surface area contributed by atoms with Crippen LogP contribution in [0.4, 0.5) is 0 Å². The van der Waals surface area contributed by atoms with Crippen LogP contribution in [0.25, 0.3) is 16.7 Å². The maximum atomic E-state index is 13.4. The van der Waals surface area contributed by atoms with Gasteiger partial charge in [-0.1, -0.05) is 35.9 Å². The SMILES string of the molecule is CC1(C)OC(C)(C)C(I)=C(c2cc(-c3ccc(Cl)cc3)ccc2C2CC2)C1=O. The van der Waals surface area contributed by atoms with Gasteiger partial charge in [0.2, 0.25) is 0 Å². The largest absolute Gasteiger partial charge is 0.356 e. The van der Waals surface area contributed by atoms with Gasteiger partial charge in [-0.05, 0) is 109 Å². The molecule has 28 heavy (non-hydrogen) atoms. The van der Waals surface area contributed by atoms with Crippen molar-refractivity contribution < 1.29 is 9.53 Å². The zero-order chi connectivity index (χ0) is 20.3. The van der Waals surface area contributed by atoms with E-state index < -0.39 is 11.2 Å². The van der Waals surface area contributed by atoms with Crippen LogP contribution in [0.5, 0.6) is 0 Å². The first-order valence-electron chi connectivity index (χ1n) is 9.65. The molecule has 1 fully saturated rings. The van der Waals surface area contributed by atoms with Gasteiger partial charge in [0.1, 0.15) is 5.60 Å². The van der Waals surface area contributed by atoms with Crippen molar-refractivity contribution in [3.8, 4) is 11.1 Å². The second-order valence-electron chi connectivity index (χ2n) is 8.72. The Morgan fingerprint density at radius 3 is 2.18 bits per heavy atom. The molecular weight excluding hydrogens is 483 g/mol. The number of benzene rings is 2. The second kappa shape index (κ2) is 6.96. The van der Waals surface area contributed by atoms with Gasteiger partial charge < -0.3 is 4.74 Å². The molecule has 0 N–H and O–H groups in total. The maximum Gasteiger partial charge on any atom is 0.195 e. The molecule has 0 unspecified atom stereocenters. The Labute approximate surface area is 185 Å². The molecule has 4 heteroatoms. The van der Waals surface area contributed by atoms with Gasteiger partial charge in [-0.2, -0.15) is 0 Å². The standard InChI is InChI=1S/C24H24ClIO2/c1-23(2)21(26)20(22(27)24(3,4)28-23)19-13-16(9-12-18(19)15-5-6-15)14-7-10-17(25)11-8-14/h7-13,15H,5-6H2,1-4H3. The smallest absolute Gasteiger partial charge is 0.195 e. The molecule has 2 nitrogen and oxygen atoms in total. The highest BCUT2D eigenvalue weighted by Crippen LogP contribution is 2.49. The Hall–Kier alpha value is -1.17. The highest BCUT2D eigenvalue weighted by Gasteiger charge is 2.46. The molecule has 0 bridgehead atoms. The van der Waals surface area contributed by atoms with Crippen molar-refractivity contribution >= 4 is 45.5 Å². The lowest BCUT2D eigenvalue weighted by molar-refractivity contribution is -0.150. The van der Waals surface area contributed by atoms with Crippen LogP contribution in [0.1, 0.15) is 57.6 Å². The summed E-state index contributed by atoms with van der Waals surface area (Å²) in [6, 6.07) is 14.4. The first-order chi connectivity index (χ1) is 13.1. The first-order valence-corrected chi connectivity index (χ1v) is 11.1. The fourth-order valence-corrected chi connectivity index (χ4v) is 4.79. The number of ketones is 1. The van der Waals surface area contributed by atoms with E-state index in [0.717, 1.165) is 30.9 Å². The monoisotopic (exact) mass is 506 g/mol.